The van der Waals surface area contributed by atoms with Crippen molar-refractivity contribution in [1.82, 2.24) is 0 Å². The maximum Gasteiger partial charge on any atom is 0.0594 e. The van der Waals surface area contributed by atoms with Crippen LogP contribution in [0.3, 0.4) is 0 Å². The number of hydrogen-bond donors (Lipinski definition) is 1. The standard InChI is InChI=1S/C31H52O/c1-8-9-10-11-12-13-22(2)23-16-20-31(7)25-14-15-26-28(3,4)27(32)18-19-29(26,5)24(25)17-21-30(23,31)6/h10-11,22-23,26-27,32H,8-9,12-21H2,1-7H3/b11-10+/t22-,23-,26?,27+,29-,30-,31+/m1/s1. The Hall–Kier alpha value is -0.560. The first-order valence-corrected chi connectivity index (χ1v) is 14.1. The molecule has 0 aromatic rings. The third-order valence-electron chi connectivity index (χ3n) is 11.9. The number of aliphatic hydroxyl groups excluding tert-OH is 1. The Labute approximate surface area is 199 Å². The molecule has 1 nitrogen and oxygen atoms in total. The van der Waals surface area contributed by atoms with Crippen molar-refractivity contribution in [2.24, 2.45) is 39.4 Å². The minimum Gasteiger partial charge on any atom is -0.393 e. The molecule has 0 heterocycles. The first-order valence-electron chi connectivity index (χ1n) is 14.1. The summed E-state index contributed by atoms with van der Waals surface area (Å²) in [5.41, 5.74) is 4.95. The summed E-state index contributed by atoms with van der Waals surface area (Å²) >= 11 is 0. The van der Waals surface area contributed by atoms with E-state index in [4.69, 9.17) is 0 Å². The summed E-state index contributed by atoms with van der Waals surface area (Å²) in [7, 11) is 0. The van der Waals surface area contributed by atoms with Gasteiger partial charge in [0, 0.05) is 0 Å². The van der Waals surface area contributed by atoms with E-state index in [2.05, 4.69) is 60.6 Å². The van der Waals surface area contributed by atoms with E-state index in [1.807, 2.05) is 11.1 Å². The van der Waals surface area contributed by atoms with Crippen LogP contribution in [-0.4, -0.2) is 11.2 Å². The van der Waals surface area contributed by atoms with Crippen LogP contribution >= 0.6 is 0 Å². The van der Waals surface area contributed by atoms with Crippen molar-refractivity contribution in [1.29, 1.82) is 0 Å². The average molecular weight is 441 g/mol. The Morgan fingerprint density at radius 2 is 1.62 bits per heavy atom. The van der Waals surface area contributed by atoms with Crippen LogP contribution in [0.2, 0.25) is 0 Å². The van der Waals surface area contributed by atoms with Gasteiger partial charge in [0.1, 0.15) is 0 Å². The van der Waals surface area contributed by atoms with Crippen LogP contribution in [0.5, 0.6) is 0 Å². The molecule has 0 aliphatic heterocycles. The number of fused-ring (bicyclic) bond motifs is 4. The molecule has 0 bridgehead atoms. The highest BCUT2D eigenvalue weighted by atomic mass is 16.3. The molecular formula is C31H52O. The van der Waals surface area contributed by atoms with E-state index in [9.17, 15) is 5.11 Å². The summed E-state index contributed by atoms with van der Waals surface area (Å²) in [6, 6.07) is 0. The molecule has 2 saturated carbocycles. The Balaban J connectivity index is 1.59. The molecule has 4 aliphatic rings. The number of unbranched alkanes of at least 4 members (excludes halogenated alkanes) is 1. The Bertz CT molecular complexity index is 758. The summed E-state index contributed by atoms with van der Waals surface area (Å²) in [5.74, 6) is 2.33. The summed E-state index contributed by atoms with van der Waals surface area (Å²) in [6.07, 6.45) is 20.1. The summed E-state index contributed by atoms with van der Waals surface area (Å²) in [4.78, 5) is 0. The van der Waals surface area contributed by atoms with Gasteiger partial charge < -0.3 is 5.11 Å². The number of aliphatic hydroxyl groups is 1. The van der Waals surface area contributed by atoms with Gasteiger partial charge in [0.25, 0.3) is 0 Å². The SMILES string of the molecule is CCC/C=C/CC[C@@H](C)[C@H]1CC[C@@]2(C)C3=C(CC[C@]12C)[C@@]1(C)CC[C@H](O)C(C)(C)C1CC3. The van der Waals surface area contributed by atoms with Crippen molar-refractivity contribution in [2.45, 2.75) is 132 Å². The minimum absolute atomic E-state index is 0.0468. The summed E-state index contributed by atoms with van der Waals surface area (Å²) in [5, 5.41) is 10.8. The van der Waals surface area contributed by atoms with Gasteiger partial charge in [-0.15, -0.1) is 0 Å². The van der Waals surface area contributed by atoms with Gasteiger partial charge in [0.2, 0.25) is 0 Å². The second kappa shape index (κ2) is 8.58. The lowest BCUT2D eigenvalue weighted by atomic mass is 9.43. The molecule has 32 heavy (non-hydrogen) atoms. The molecule has 0 saturated heterocycles. The normalized spacial score (nSPS) is 44.3. The lowest BCUT2D eigenvalue weighted by Crippen LogP contribution is -2.55. The topological polar surface area (TPSA) is 20.2 Å². The van der Waals surface area contributed by atoms with Crippen LogP contribution in [0, 0.1) is 39.4 Å². The van der Waals surface area contributed by atoms with Crippen molar-refractivity contribution in [3.05, 3.63) is 23.3 Å². The third-order valence-corrected chi connectivity index (χ3v) is 11.9. The van der Waals surface area contributed by atoms with Crippen molar-refractivity contribution >= 4 is 0 Å². The van der Waals surface area contributed by atoms with Crippen LogP contribution in [0.15, 0.2) is 23.3 Å². The molecule has 0 spiro atoms. The van der Waals surface area contributed by atoms with E-state index in [0.717, 1.165) is 18.3 Å². The second-order valence-corrected chi connectivity index (χ2v) is 13.6. The van der Waals surface area contributed by atoms with Gasteiger partial charge >= 0.3 is 0 Å². The highest BCUT2D eigenvalue weighted by Gasteiger charge is 2.63. The molecule has 1 heteroatoms. The Morgan fingerprint density at radius 1 is 0.906 bits per heavy atom. The van der Waals surface area contributed by atoms with E-state index in [0.29, 0.717) is 22.2 Å². The molecule has 1 N–H and O–H groups in total. The van der Waals surface area contributed by atoms with Crippen LogP contribution in [0.1, 0.15) is 126 Å². The highest BCUT2D eigenvalue weighted by molar-refractivity contribution is 5.38. The first kappa shape index (κ1) is 24.6. The van der Waals surface area contributed by atoms with Crippen molar-refractivity contribution in [3.8, 4) is 0 Å². The van der Waals surface area contributed by atoms with Gasteiger partial charge in [-0.25, -0.2) is 0 Å². The van der Waals surface area contributed by atoms with Gasteiger partial charge in [0.15, 0.2) is 0 Å². The second-order valence-electron chi connectivity index (χ2n) is 13.6. The molecule has 0 aromatic carbocycles. The van der Waals surface area contributed by atoms with Crippen LogP contribution in [0.25, 0.3) is 0 Å². The van der Waals surface area contributed by atoms with E-state index < -0.39 is 0 Å². The van der Waals surface area contributed by atoms with Gasteiger partial charge in [-0.05, 0) is 110 Å². The van der Waals surface area contributed by atoms with Crippen LogP contribution in [-0.2, 0) is 0 Å². The fraction of sp³-hybridized carbons (Fsp3) is 0.871. The van der Waals surface area contributed by atoms with Crippen molar-refractivity contribution in [3.63, 3.8) is 0 Å². The molecular weight excluding hydrogens is 388 g/mol. The zero-order valence-electron chi connectivity index (χ0n) is 22.4. The molecule has 0 aromatic heterocycles. The lowest BCUT2D eigenvalue weighted by molar-refractivity contribution is -0.0962. The van der Waals surface area contributed by atoms with Crippen LogP contribution < -0.4 is 0 Å². The largest absolute Gasteiger partial charge is 0.393 e. The predicted molar refractivity (Wildman–Crippen MR) is 137 cm³/mol. The molecule has 2 fully saturated rings. The molecule has 0 radical (unpaired) electrons. The van der Waals surface area contributed by atoms with Gasteiger partial charge in [-0.3, -0.25) is 0 Å². The number of allylic oxidation sites excluding steroid dienone is 4. The maximum absolute atomic E-state index is 10.8. The first-order chi connectivity index (χ1) is 15.0. The predicted octanol–water partition coefficient (Wildman–Crippen LogP) is 8.87. The summed E-state index contributed by atoms with van der Waals surface area (Å²) < 4.78 is 0. The molecule has 182 valence electrons. The minimum atomic E-state index is -0.129. The van der Waals surface area contributed by atoms with Crippen LogP contribution in [0.4, 0.5) is 0 Å². The molecule has 1 unspecified atom stereocenters. The van der Waals surface area contributed by atoms with Gasteiger partial charge in [-0.1, -0.05) is 78.2 Å². The van der Waals surface area contributed by atoms with E-state index in [-0.39, 0.29) is 11.5 Å². The Kier molecular flexibility index (Phi) is 6.59. The molecule has 4 rings (SSSR count). The number of hydrogen-bond acceptors (Lipinski definition) is 1. The monoisotopic (exact) mass is 440 g/mol. The van der Waals surface area contributed by atoms with Crippen molar-refractivity contribution < 1.29 is 5.11 Å². The zero-order valence-corrected chi connectivity index (χ0v) is 22.4. The van der Waals surface area contributed by atoms with E-state index in [1.54, 1.807) is 0 Å². The van der Waals surface area contributed by atoms with E-state index in [1.165, 1.54) is 70.6 Å². The zero-order chi connectivity index (χ0) is 23.4. The quantitative estimate of drug-likeness (QED) is 0.409. The van der Waals surface area contributed by atoms with Gasteiger partial charge in [0.05, 0.1) is 6.10 Å². The summed E-state index contributed by atoms with van der Waals surface area (Å²) in [6.45, 7) is 17.5. The fourth-order valence-corrected chi connectivity index (χ4v) is 9.59. The van der Waals surface area contributed by atoms with Crippen molar-refractivity contribution in [2.75, 3.05) is 0 Å². The van der Waals surface area contributed by atoms with E-state index >= 15 is 0 Å². The third kappa shape index (κ3) is 3.50. The molecule has 0 amide bonds. The number of rotatable bonds is 6. The Morgan fingerprint density at radius 3 is 2.34 bits per heavy atom. The maximum atomic E-state index is 10.8. The smallest absolute Gasteiger partial charge is 0.0594 e. The molecule has 7 atom stereocenters. The fourth-order valence-electron chi connectivity index (χ4n) is 9.59. The lowest BCUT2D eigenvalue weighted by Gasteiger charge is -2.62. The average Bonchev–Trinajstić information content (AvgIpc) is 3.02. The van der Waals surface area contributed by atoms with Gasteiger partial charge in [-0.2, -0.15) is 0 Å². The molecule has 4 aliphatic carbocycles. The highest BCUT2D eigenvalue weighted by Crippen LogP contribution is 2.72.